The smallest absolute Gasteiger partial charge is 0.284 e. The van der Waals surface area contributed by atoms with Gasteiger partial charge in [-0.15, -0.1) is 0 Å². The van der Waals surface area contributed by atoms with Crippen LogP contribution in [0.5, 0.6) is 0 Å². The monoisotopic (exact) mass is 369 g/mol. The van der Waals surface area contributed by atoms with E-state index in [0.717, 1.165) is 15.6 Å². The van der Waals surface area contributed by atoms with Crippen LogP contribution in [0, 0.1) is 0 Å². The van der Waals surface area contributed by atoms with Gasteiger partial charge in [-0.05, 0) is 29.2 Å². The third-order valence-corrected chi connectivity index (χ3v) is 4.75. The van der Waals surface area contributed by atoms with Crippen molar-refractivity contribution in [3.8, 4) is 0 Å². The molecule has 1 atom stereocenters. The third-order valence-electron chi connectivity index (χ3n) is 4.00. The Kier molecular flexibility index (Phi) is 4.28. The molecule has 1 nitrogen and oxygen atoms in total. The molecule has 0 aromatic heterocycles. The van der Waals surface area contributed by atoms with Gasteiger partial charge in [0.1, 0.15) is 6.04 Å². The largest absolute Gasteiger partial charge is 0.408 e. The van der Waals surface area contributed by atoms with Crippen molar-refractivity contribution in [1.29, 1.82) is 0 Å². The topological polar surface area (TPSA) is 3.24 Å². The Bertz CT molecular complexity index is 655. The van der Waals surface area contributed by atoms with Crippen LogP contribution in [-0.2, 0) is 13.0 Å². The van der Waals surface area contributed by atoms with Crippen LogP contribution in [0.15, 0.2) is 53.0 Å². The van der Waals surface area contributed by atoms with Gasteiger partial charge in [0, 0.05) is 17.6 Å². The van der Waals surface area contributed by atoms with Gasteiger partial charge in [-0.2, -0.15) is 13.2 Å². The van der Waals surface area contributed by atoms with Crippen molar-refractivity contribution >= 4 is 15.9 Å². The molecular formula is C17H15BrF3N. The van der Waals surface area contributed by atoms with Gasteiger partial charge in [-0.25, -0.2) is 0 Å². The summed E-state index contributed by atoms with van der Waals surface area (Å²) in [6, 6.07) is 12.8. The van der Waals surface area contributed by atoms with Gasteiger partial charge in [0.2, 0.25) is 0 Å². The molecule has 0 radical (unpaired) electrons. The van der Waals surface area contributed by atoms with E-state index in [-0.39, 0.29) is 0 Å². The fourth-order valence-electron chi connectivity index (χ4n) is 3.05. The van der Waals surface area contributed by atoms with E-state index >= 15 is 0 Å². The molecule has 22 heavy (non-hydrogen) atoms. The molecule has 3 rings (SSSR count). The lowest BCUT2D eigenvalue weighted by Gasteiger charge is -2.38. The molecule has 0 N–H and O–H groups in total. The van der Waals surface area contributed by atoms with Crippen molar-refractivity contribution in [2.45, 2.75) is 25.2 Å². The first-order chi connectivity index (χ1) is 10.5. The van der Waals surface area contributed by atoms with Gasteiger partial charge in [0.15, 0.2) is 0 Å². The molecule has 0 fully saturated rings. The Balaban J connectivity index is 1.98. The fourth-order valence-corrected chi connectivity index (χ4v) is 3.63. The third kappa shape index (κ3) is 3.06. The first-order valence-electron chi connectivity index (χ1n) is 7.09. The van der Waals surface area contributed by atoms with Crippen molar-refractivity contribution < 1.29 is 13.2 Å². The summed E-state index contributed by atoms with van der Waals surface area (Å²) in [5.74, 6) is 0. The summed E-state index contributed by atoms with van der Waals surface area (Å²) in [6.07, 6.45) is -3.67. The highest BCUT2D eigenvalue weighted by Crippen LogP contribution is 2.44. The summed E-state index contributed by atoms with van der Waals surface area (Å²) in [6.45, 7) is 0.700. The molecule has 5 heteroatoms. The number of alkyl halides is 3. The SMILES string of the molecule is FC(F)(F)C1c2cccc(Br)c2CCN1Cc1ccccc1. The van der Waals surface area contributed by atoms with Gasteiger partial charge in [0.25, 0.3) is 0 Å². The Hall–Kier alpha value is -1.33. The quantitative estimate of drug-likeness (QED) is 0.710. The molecule has 1 unspecified atom stereocenters. The summed E-state index contributed by atoms with van der Waals surface area (Å²) in [7, 11) is 0. The highest BCUT2D eigenvalue weighted by molar-refractivity contribution is 9.10. The van der Waals surface area contributed by atoms with E-state index in [0.29, 0.717) is 25.1 Å². The maximum Gasteiger partial charge on any atom is 0.408 e. The number of fused-ring (bicyclic) bond motifs is 1. The molecule has 1 aliphatic rings. The summed E-state index contributed by atoms with van der Waals surface area (Å²) in [5.41, 5.74) is 2.04. The Morgan fingerprint density at radius 2 is 1.77 bits per heavy atom. The van der Waals surface area contributed by atoms with Crippen LogP contribution in [0.2, 0.25) is 0 Å². The zero-order chi connectivity index (χ0) is 15.7. The van der Waals surface area contributed by atoms with E-state index in [2.05, 4.69) is 15.9 Å². The second-order valence-corrected chi connectivity index (χ2v) is 6.31. The van der Waals surface area contributed by atoms with Crippen LogP contribution < -0.4 is 0 Å². The van der Waals surface area contributed by atoms with Crippen LogP contribution in [0.25, 0.3) is 0 Å². The van der Waals surface area contributed by atoms with E-state index in [1.165, 1.54) is 4.90 Å². The average Bonchev–Trinajstić information content (AvgIpc) is 2.47. The zero-order valence-electron chi connectivity index (χ0n) is 11.8. The predicted octanol–water partition coefficient (Wildman–Crippen LogP) is 5.11. The number of hydrogen-bond donors (Lipinski definition) is 0. The first kappa shape index (κ1) is 15.6. The minimum absolute atomic E-state index is 0.303. The lowest BCUT2D eigenvalue weighted by Crippen LogP contribution is -2.42. The van der Waals surface area contributed by atoms with E-state index in [4.69, 9.17) is 0 Å². The van der Waals surface area contributed by atoms with Gasteiger partial charge >= 0.3 is 6.18 Å². The maximum atomic E-state index is 13.6. The average molecular weight is 370 g/mol. The minimum Gasteiger partial charge on any atom is -0.284 e. The molecular weight excluding hydrogens is 355 g/mol. The molecule has 2 aromatic carbocycles. The first-order valence-corrected chi connectivity index (χ1v) is 7.88. The van der Waals surface area contributed by atoms with E-state index in [1.807, 2.05) is 30.3 Å². The Morgan fingerprint density at radius 1 is 1.05 bits per heavy atom. The van der Waals surface area contributed by atoms with Crippen molar-refractivity contribution in [3.63, 3.8) is 0 Å². The molecule has 0 bridgehead atoms. The Morgan fingerprint density at radius 3 is 2.45 bits per heavy atom. The number of halogens is 4. The van der Waals surface area contributed by atoms with Crippen molar-refractivity contribution in [2.24, 2.45) is 0 Å². The molecule has 2 aromatic rings. The van der Waals surface area contributed by atoms with Crippen LogP contribution in [-0.4, -0.2) is 17.6 Å². The van der Waals surface area contributed by atoms with Crippen molar-refractivity contribution in [1.82, 2.24) is 4.90 Å². The van der Waals surface area contributed by atoms with E-state index < -0.39 is 12.2 Å². The van der Waals surface area contributed by atoms with Crippen molar-refractivity contribution in [3.05, 3.63) is 69.7 Å². The Labute approximate surface area is 135 Å². The highest BCUT2D eigenvalue weighted by atomic mass is 79.9. The number of nitrogens with zero attached hydrogens (tertiary/aromatic N) is 1. The molecule has 1 heterocycles. The second-order valence-electron chi connectivity index (χ2n) is 5.46. The van der Waals surface area contributed by atoms with Gasteiger partial charge < -0.3 is 0 Å². The van der Waals surface area contributed by atoms with Crippen LogP contribution in [0.3, 0.4) is 0 Å². The van der Waals surface area contributed by atoms with Crippen LogP contribution in [0.1, 0.15) is 22.7 Å². The van der Waals surface area contributed by atoms with Gasteiger partial charge in [0.05, 0.1) is 0 Å². The molecule has 0 aliphatic carbocycles. The molecule has 0 saturated carbocycles. The van der Waals surface area contributed by atoms with Gasteiger partial charge in [-0.3, -0.25) is 4.90 Å². The summed E-state index contributed by atoms with van der Waals surface area (Å²) >= 11 is 3.38. The standard InChI is InChI=1S/C17H15BrF3N/c18-15-8-4-7-14-13(15)9-10-22(16(14)17(19,20)21)11-12-5-2-1-3-6-12/h1-8,16H,9-11H2. The normalized spacial score (nSPS) is 19.0. The number of rotatable bonds is 2. The lowest BCUT2D eigenvalue weighted by molar-refractivity contribution is -0.190. The van der Waals surface area contributed by atoms with Crippen LogP contribution in [0.4, 0.5) is 13.2 Å². The molecule has 0 spiro atoms. The van der Waals surface area contributed by atoms with E-state index in [9.17, 15) is 13.2 Å². The summed E-state index contributed by atoms with van der Waals surface area (Å²) in [5, 5.41) is 0. The molecule has 0 amide bonds. The highest BCUT2D eigenvalue weighted by Gasteiger charge is 2.47. The minimum atomic E-state index is -4.29. The summed E-state index contributed by atoms with van der Waals surface area (Å²) < 4.78 is 41.7. The molecule has 0 saturated heterocycles. The molecule has 1 aliphatic heterocycles. The maximum absolute atomic E-state index is 13.6. The summed E-state index contributed by atoms with van der Waals surface area (Å²) in [4.78, 5) is 1.52. The molecule has 116 valence electrons. The number of benzene rings is 2. The predicted molar refractivity (Wildman–Crippen MR) is 83.5 cm³/mol. The lowest BCUT2D eigenvalue weighted by atomic mass is 9.91. The van der Waals surface area contributed by atoms with Crippen LogP contribution >= 0.6 is 15.9 Å². The van der Waals surface area contributed by atoms with Gasteiger partial charge in [-0.1, -0.05) is 58.4 Å². The number of hydrogen-bond acceptors (Lipinski definition) is 1. The fraction of sp³-hybridized carbons (Fsp3) is 0.294. The second kappa shape index (κ2) is 6.05. The van der Waals surface area contributed by atoms with E-state index in [1.54, 1.807) is 18.2 Å². The van der Waals surface area contributed by atoms with Crippen molar-refractivity contribution in [2.75, 3.05) is 6.54 Å². The zero-order valence-corrected chi connectivity index (χ0v) is 13.4.